The molecule has 1 saturated heterocycles. The highest BCUT2D eigenvalue weighted by Gasteiger charge is 2.48. The largest absolute Gasteiger partial charge is 0.454 e. The predicted octanol–water partition coefficient (Wildman–Crippen LogP) is 3.46. The van der Waals surface area contributed by atoms with Crippen molar-refractivity contribution in [2.75, 3.05) is 6.79 Å². The maximum atomic E-state index is 6.11. The third-order valence-electron chi connectivity index (χ3n) is 5.29. The van der Waals surface area contributed by atoms with Crippen molar-refractivity contribution in [2.24, 2.45) is 5.92 Å². The minimum Gasteiger partial charge on any atom is -0.454 e. The number of hydrogen-bond acceptors (Lipinski definition) is 4. The normalized spacial score (nSPS) is 36.6. The highest BCUT2D eigenvalue weighted by atomic mass is 16.8. The van der Waals surface area contributed by atoms with E-state index in [1.165, 1.54) is 11.1 Å². The van der Waals surface area contributed by atoms with Crippen LogP contribution in [0.1, 0.15) is 43.7 Å². The van der Waals surface area contributed by atoms with Gasteiger partial charge in [0.15, 0.2) is 17.3 Å². The lowest BCUT2D eigenvalue weighted by Crippen LogP contribution is -2.36. The Hall–Kier alpha value is -1.52. The summed E-state index contributed by atoms with van der Waals surface area (Å²) in [6, 6.07) is 4.27. The second-order valence-corrected chi connectivity index (χ2v) is 7.15. The van der Waals surface area contributed by atoms with E-state index in [0.717, 1.165) is 24.3 Å². The van der Waals surface area contributed by atoms with Crippen molar-refractivity contribution >= 4 is 6.08 Å². The summed E-state index contributed by atoms with van der Waals surface area (Å²) in [4.78, 5) is 0. The lowest BCUT2D eigenvalue weighted by atomic mass is 9.69. The van der Waals surface area contributed by atoms with Gasteiger partial charge < -0.3 is 18.9 Å². The predicted molar refractivity (Wildman–Crippen MR) is 80.9 cm³/mol. The van der Waals surface area contributed by atoms with Crippen LogP contribution in [0.5, 0.6) is 11.5 Å². The van der Waals surface area contributed by atoms with Crippen LogP contribution < -0.4 is 9.47 Å². The van der Waals surface area contributed by atoms with Crippen LogP contribution in [-0.4, -0.2) is 24.8 Å². The molecule has 116 valence electrons. The zero-order chi connectivity index (χ0) is 14.9. The monoisotopic (exact) mass is 300 g/mol. The number of rotatable bonds is 0. The van der Waals surface area contributed by atoms with E-state index in [4.69, 9.17) is 18.9 Å². The molecule has 0 spiro atoms. The molecule has 0 unspecified atom stereocenters. The summed E-state index contributed by atoms with van der Waals surface area (Å²) in [6.07, 6.45) is 7.01. The highest BCUT2D eigenvalue weighted by molar-refractivity contribution is 5.64. The van der Waals surface area contributed by atoms with E-state index >= 15 is 0 Å². The minimum atomic E-state index is -0.454. The van der Waals surface area contributed by atoms with Gasteiger partial charge in [-0.2, -0.15) is 0 Å². The first kappa shape index (κ1) is 13.0. The molecule has 2 aliphatic carbocycles. The van der Waals surface area contributed by atoms with Crippen molar-refractivity contribution in [3.8, 4) is 11.5 Å². The molecule has 0 aromatic heterocycles. The van der Waals surface area contributed by atoms with Crippen molar-refractivity contribution < 1.29 is 18.9 Å². The van der Waals surface area contributed by atoms with Gasteiger partial charge in [-0.15, -0.1) is 0 Å². The van der Waals surface area contributed by atoms with Crippen LogP contribution in [0.4, 0.5) is 0 Å². The van der Waals surface area contributed by atoms with Crippen LogP contribution in [-0.2, 0) is 9.47 Å². The number of hydrogen-bond donors (Lipinski definition) is 0. The van der Waals surface area contributed by atoms with E-state index in [1.807, 2.05) is 13.8 Å². The molecule has 4 atom stereocenters. The molecule has 0 N–H and O–H groups in total. The molecule has 0 radical (unpaired) electrons. The van der Waals surface area contributed by atoms with Crippen LogP contribution in [0.2, 0.25) is 0 Å². The lowest BCUT2D eigenvalue weighted by Gasteiger charge is -2.38. The van der Waals surface area contributed by atoms with E-state index < -0.39 is 5.79 Å². The molecule has 4 heteroatoms. The van der Waals surface area contributed by atoms with E-state index in [2.05, 4.69) is 24.3 Å². The molecule has 22 heavy (non-hydrogen) atoms. The standard InChI is InChI=1S/C18H20O4/c1-18(2)21-16-6-11-4-3-10-5-14-15(20-9-19-14)7-12(10)13(11)8-17(16)22-18/h3-5,7,11,13,16-17H,6,8-9H2,1-2H3/t11-,13+,16+,17-/m0/s1. The Kier molecular flexibility index (Phi) is 2.52. The zero-order valence-electron chi connectivity index (χ0n) is 12.9. The first-order chi connectivity index (χ1) is 10.6. The van der Waals surface area contributed by atoms with Gasteiger partial charge in [0, 0.05) is 0 Å². The SMILES string of the molecule is CC1(C)O[C@H]2C[C@H]3c4cc5c(cc4C=C[C@H]3C[C@H]2O1)OCO5. The average Bonchev–Trinajstić information content (AvgIpc) is 3.03. The number of ether oxygens (including phenoxy) is 4. The quantitative estimate of drug-likeness (QED) is 0.735. The van der Waals surface area contributed by atoms with Gasteiger partial charge in [-0.25, -0.2) is 0 Å². The Labute approximate surface area is 130 Å². The van der Waals surface area contributed by atoms with E-state index in [-0.39, 0.29) is 12.2 Å². The number of allylic oxidation sites excluding steroid dienone is 1. The summed E-state index contributed by atoms with van der Waals surface area (Å²) in [7, 11) is 0. The van der Waals surface area contributed by atoms with Crippen molar-refractivity contribution in [3.05, 3.63) is 29.3 Å². The molecule has 2 fully saturated rings. The smallest absolute Gasteiger partial charge is 0.231 e. The molecular formula is C18H20O4. The topological polar surface area (TPSA) is 36.9 Å². The summed E-state index contributed by atoms with van der Waals surface area (Å²) in [5, 5.41) is 0. The van der Waals surface area contributed by atoms with Crippen LogP contribution in [0.15, 0.2) is 18.2 Å². The van der Waals surface area contributed by atoms with Crippen molar-refractivity contribution in [1.82, 2.24) is 0 Å². The average molecular weight is 300 g/mol. The maximum Gasteiger partial charge on any atom is 0.231 e. The fourth-order valence-electron chi connectivity index (χ4n) is 4.40. The number of fused-ring (bicyclic) bond motifs is 5. The van der Waals surface area contributed by atoms with E-state index in [9.17, 15) is 0 Å². The molecule has 0 amide bonds. The van der Waals surface area contributed by atoms with Crippen LogP contribution in [0.3, 0.4) is 0 Å². The zero-order valence-corrected chi connectivity index (χ0v) is 12.9. The first-order valence-electron chi connectivity index (χ1n) is 8.06. The van der Waals surface area contributed by atoms with Gasteiger partial charge in [0.25, 0.3) is 0 Å². The Morgan fingerprint density at radius 1 is 1.00 bits per heavy atom. The summed E-state index contributed by atoms with van der Waals surface area (Å²) in [5.74, 6) is 2.28. The van der Waals surface area contributed by atoms with E-state index in [0.29, 0.717) is 18.6 Å². The summed E-state index contributed by atoms with van der Waals surface area (Å²) in [6.45, 7) is 4.35. The molecule has 2 aliphatic heterocycles. The lowest BCUT2D eigenvalue weighted by molar-refractivity contribution is -0.145. The van der Waals surface area contributed by atoms with Crippen LogP contribution in [0, 0.1) is 5.92 Å². The molecular weight excluding hydrogens is 280 g/mol. The van der Waals surface area contributed by atoms with Crippen molar-refractivity contribution in [1.29, 1.82) is 0 Å². The van der Waals surface area contributed by atoms with Gasteiger partial charge >= 0.3 is 0 Å². The second kappa shape index (κ2) is 4.27. The molecule has 4 aliphatic rings. The van der Waals surface area contributed by atoms with Crippen molar-refractivity contribution in [2.45, 2.75) is 50.6 Å². The third-order valence-corrected chi connectivity index (χ3v) is 5.29. The molecule has 5 rings (SSSR count). The fraction of sp³-hybridized carbons (Fsp3) is 0.556. The van der Waals surface area contributed by atoms with E-state index in [1.54, 1.807) is 0 Å². The van der Waals surface area contributed by atoms with Crippen LogP contribution >= 0.6 is 0 Å². The molecule has 1 saturated carbocycles. The van der Waals surface area contributed by atoms with Gasteiger partial charge in [-0.05, 0) is 61.8 Å². The van der Waals surface area contributed by atoms with Crippen molar-refractivity contribution in [3.63, 3.8) is 0 Å². The summed E-state index contributed by atoms with van der Waals surface area (Å²) >= 11 is 0. The molecule has 4 nitrogen and oxygen atoms in total. The summed E-state index contributed by atoms with van der Waals surface area (Å²) < 4.78 is 23.2. The molecule has 0 bridgehead atoms. The maximum absolute atomic E-state index is 6.11. The highest BCUT2D eigenvalue weighted by Crippen LogP contribution is 2.50. The third kappa shape index (κ3) is 1.83. The van der Waals surface area contributed by atoms with Gasteiger partial charge in [0.05, 0.1) is 12.2 Å². The molecule has 1 aromatic rings. The van der Waals surface area contributed by atoms with Gasteiger partial charge in [-0.3, -0.25) is 0 Å². The first-order valence-corrected chi connectivity index (χ1v) is 8.06. The number of benzene rings is 1. The van der Waals surface area contributed by atoms with Crippen LogP contribution in [0.25, 0.3) is 6.08 Å². The Balaban J connectivity index is 1.52. The Bertz CT molecular complexity index is 663. The van der Waals surface area contributed by atoms with Gasteiger partial charge in [0.1, 0.15) is 0 Å². The molecule has 1 aromatic carbocycles. The minimum absolute atomic E-state index is 0.195. The fourth-order valence-corrected chi connectivity index (χ4v) is 4.40. The second-order valence-electron chi connectivity index (χ2n) is 7.15. The molecule has 2 heterocycles. The van der Waals surface area contributed by atoms with Gasteiger partial charge in [-0.1, -0.05) is 12.2 Å². The summed E-state index contributed by atoms with van der Waals surface area (Å²) in [5.41, 5.74) is 2.62. The Morgan fingerprint density at radius 2 is 1.73 bits per heavy atom. The van der Waals surface area contributed by atoms with Gasteiger partial charge in [0.2, 0.25) is 6.79 Å². The Morgan fingerprint density at radius 3 is 2.55 bits per heavy atom.